The summed E-state index contributed by atoms with van der Waals surface area (Å²) in [5.74, 6) is 0.435. The van der Waals surface area contributed by atoms with Crippen LogP contribution in [0.3, 0.4) is 0 Å². The summed E-state index contributed by atoms with van der Waals surface area (Å²) < 4.78 is 5.13. The van der Waals surface area contributed by atoms with Gasteiger partial charge < -0.3 is 21.1 Å². The molecule has 1 aromatic carbocycles. The molecule has 4 N–H and O–H groups in total. The predicted molar refractivity (Wildman–Crippen MR) is 82.1 cm³/mol. The van der Waals surface area contributed by atoms with Gasteiger partial charge in [-0.2, -0.15) is 0 Å². The molecule has 5 nitrogen and oxygen atoms in total. The van der Waals surface area contributed by atoms with Crippen molar-refractivity contribution in [1.82, 2.24) is 10.6 Å². The van der Waals surface area contributed by atoms with Crippen molar-refractivity contribution in [2.75, 3.05) is 25.9 Å². The molecule has 1 aromatic rings. The zero-order chi connectivity index (χ0) is 15.0. The van der Waals surface area contributed by atoms with Crippen molar-refractivity contribution in [2.24, 2.45) is 0 Å². The fourth-order valence-corrected chi connectivity index (χ4v) is 1.95. The van der Waals surface area contributed by atoms with Gasteiger partial charge in [0.2, 0.25) is 0 Å². The third kappa shape index (κ3) is 4.74. The monoisotopic (exact) mass is 279 g/mol. The first kappa shape index (κ1) is 16.3. The summed E-state index contributed by atoms with van der Waals surface area (Å²) in [5, 5.41) is 6.30. The zero-order valence-electron chi connectivity index (χ0n) is 12.5. The molecule has 1 unspecified atom stereocenters. The minimum atomic E-state index is -0.0911. The maximum absolute atomic E-state index is 12.2. The zero-order valence-corrected chi connectivity index (χ0v) is 12.5. The number of rotatable bonds is 8. The molecule has 0 heterocycles. The number of hydrogen-bond donors (Lipinski definition) is 3. The van der Waals surface area contributed by atoms with Crippen molar-refractivity contribution in [2.45, 2.75) is 32.7 Å². The van der Waals surface area contributed by atoms with Crippen LogP contribution >= 0.6 is 0 Å². The Balaban J connectivity index is 2.64. The van der Waals surface area contributed by atoms with Crippen LogP contribution in [-0.2, 0) is 0 Å². The average molecular weight is 279 g/mol. The molecule has 0 radical (unpaired) electrons. The molecule has 0 saturated heterocycles. The lowest BCUT2D eigenvalue weighted by molar-refractivity contribution is 0.0933. The summed E-state index contributed by atoms with van der Waals surface area (Å²) in [6.07, 6.45) is 1.82. The van der Waals surface area contributed by atoms with Gasteiger partial charge in [0.05, 0.1) is 12.8 Å². The summed E-state index contributed by atoms with van der Waals surface area (Å²) in [6, 6.07) is 5.24. The molecule has 0 aliphatic heterocycles. The summed E-state index contributed by atoms with van der Waals surface area (Å²) in [5.41, 5.74) is 6.84. The summed E-state index contributed by atoms with van der Waals surface area (Å²) in [4.78, 5) is 12.2. The van der Waals surface area contributed by atoms with E-state index in [1.165, 1.54) is 0 Å². The van der Waals surface area contributed by atoms with E-state index in [-0.39, 0.29) is 11.9 Å². The van der Waals surface area contributed by atoms with Crippen molar-refractivity contribution < 1.29 is 9.53 Å². The molecular weight excluding hydrogens is 254 g/mol. The first-order chi connectivity index (χ1) is 9.62. The van der Waals surface area contributed by atoms with Crippen LogP contribution in [0.4, 0.5) is 5.69 Å². The Hall–Kier alpha value is -1.75. The number of anilines is 1. The second-order valence-electron chi connectivity index (χ2n) is 4.68. The first-order valence-corrected chi connectivity index (χ1v) is 7.07. The van der Waals surface area contributed by atoms with Crippen molar-refractivity contribution in [1.29, 1.82) is 0 Å². The lowest BCUT2D eigenvalue weighted by Crippen LogP contribution is -2.36. The van der Waals surface area contributed by atoms with Crippen molar-refractivity contribution in [3.05, 3.63) is 23.8 Å². The molecule has 1 atom stereocenters. The third-order valence-corrected chi connectivity index (χ3v) is 3.24. The Morgan fingerprint density at radius 1 is 1.40 bits per heavy atom. The number of hydrogen-bond acceptors (Lipinski definition) is 4. The molecule has 0 fully saturated rings. The lowest BCUT2D eigenvalue weighted by atomic mass is 10.1. The summed E-state index contributed by atoms with van der Waals surface area (Å²) >= 11 is 0. The van der Waals surface area contributed by atoms with Gasteiger partial charge in [0.25, 0.3) is 5.91 Å². The van der Waals surface area contributed by atoms with E-state index in [1.54, 1.807) is 25.3 Å². The smallest absolute Gasteiger partial charge is 0.251 e. The molecule has 0 aliphatic carbocycles. The van der Waals surface area contributed by atoms with Crippen molar-refractivity contribution >= 4 is 11.6 Å². The van der Waals surface area contributed by atoms with Gasteiger partial charge in [0.1, 0.15) is 5.75 Å². The molecule has 1 amide bonds. The number of amides is 1. The standard InChI is InChI=1S/C15H25N3O2/c1-4-12(8-9-17-5-2)18-15(19)11-6-7-13(16)14(10-11)20-3/h6-7,10,12,17H,4-5,8-9,16H2,1-3H3,(H,18,19). The Kier molecular flexibility index (Phi) is 6.87. The Labute approximate surface area is 120 Å². The van der Waals surface area contributed by atoms with Crippen molar-refractivity contribution in [3.63, 3.8) is 0 Å². The molecule has 0 aliphatic rings. The largest absolute Gasteiger partial charge is 0.495 e. The first-order valence-electron chi connectivity index (χ1n) is 7.07. The van der Waals surface area contributed by atoms with Crippen LogP contribution in [0.15, 0.2) is 18.2 Å². The fourth-order valence-electron chi connectivity index (χ4n) is 1.95. The number of benzene rings is 1. The van der Waals surface area contributed by atoms with E-state index in [0.717, 1.165) is 25.9 Å². The lowest BCUT2D eigenvalue weighted by Gasteiger charge is -2.17. The van der Waals surface area contributed by atoms with Crippen LogP contribution < -0.4 is 21.1 Å². The van der Waals surface area contributed by atoms with Crippen molar-refractivity contribution in [3.8, 4) is 5.75 Å². The second-order valence-corrected chi connectivity index (χ2v) is 4.68. The number of carbonyl (C=O) groups excluding carboxylic acids is 1. The minimum Gasteiger partial charge on any atom is -0.495 e. The van der Waals surface area contributed by atoms with Gasteiger partial charge in [-0.05, 0) is 44.1 Å². The highest BCUT2D eigenvalue weighted by Gasteiger charge is 2.13. The van der Waals surface area contributed by atoms with Gasteiger partial charge in [-0.15, -0.1) is 0 Å². The van der Waals surface area contributed by atoms with Crippen LogP contribution in [0, 0.1) is 0 Å². The van der Waals surface area contributed by atoms with Gasteiger partial charge in [-0.25, -0.2) is 0 Å². The summed E-state index contributed by atoms with van der Waals surface area (Å²) in [7, 11) is 1.54. The molecule has 0 saturated carbocycles. The van der Waals surface area contributed by atoms with Crippen LogP contribution in [0.25, 0.3) is 0 Å². The van der Waals surface area contributed by atoms with E-state index < -0.39 is 0 Å². The number of nitrogens with two attached hydrogens (primary N) is 1. The van der Waals surface area contributed by atoms with Gasteiger partial charge in [0, 0.05) is 11.6 Å². The van der Waals surface area contributed by atoms with Crippen LogP contribution in [0.2, 0.25) is 0 Å². The van der Waals surface area contributed by atoms with Gasteiger partial charge in [-0.1, -0.05) is 13.8 Å². The van der Waals surface area contributed by atoms with E-state index in [0.29, 0.717) is 17.0 Å². The molecule has 0 spiro atoms. The molecule has 112 valence electrons. The molecule has 1 rings (SSSR count). The Morgan fingerprint density at radius 2 is 2.15 bits per heavy atom. The van der Waals surface area contributed by atoms with Gasteiger partial charge in [-0.3, -0.25) is 4.79 Å². The van der Waals surface area contributed by atoms with E-state index in [4.69, 9.17) is 10.5 Å². The fraction of sp³-hybridized carbons (Fsp3) is 0.533. The normalized spacial score (nSPS) is 11.9. The van der Waals surface area contributed by atoms with Gasteiger partial charge in [0.15, 0.2) is 0 Å². The molecular formula is C15H25N3O2. The van der Waals surface area contributed by atoms with Gasteiger partial charge >= 0.3 is 0 Å². The highest BCUT2D eigenvalue weighted by atomic mass is 16.5. The van der Waals surface area contributed by atoms with E-state index in [2.05, 4.69) is 24.5 Å². The molecule has 20 heavy (non-hydrogen) atoms. The second kappa shape index (κ2) is 8.43. The summed E-state index contributed by atoms with van der Waals surface area (Å²) in [6.45, 7) is 5.99. The quantitative estimate of drug-likeness (QED) is 0.501. The van der Waals surface area contributed by atoms with Crippen LogP contribution in [-0.4, -0.2) is 32.1 Å². The van der Waals surface area contributed by atoms with E-state index in [9.17, 15) is 4.79 Å². The predicted octanol–water partition coefficient (Wildman–Crippen LogP) is 1.79. The highest BCUT2D eigenvalue weighted by Crippen LogP contribution is 2.22. The molecule has 5 heteroatoms. The van der Waals surface area contributed by atoms with Crippen LogP contribution in [0.1, 0.15) is 37.0 Å². The maximum Gasteiger partial charge on any atom is 0.251 e. The number of nitrogens with one attached hydrogen (secondary N) is 2. The topological polar surface area (TPSA) is 76.4 Å². The molecule has 0 aromatic heterocycles. The third-order valence-electron chi connectivity index (χ3n) is 3.24. The number of carbonyl (C=O) groups is 1. The van der Waals surface area contributed by atoms with E-state index >= 15 is 0 Å². The highest BCUT2D eigenvalue weighted by molar-refractivity contribution is 5.95. The van der Waals surface area contributed by atoms with Crippen LogP contribution in [0.5, 0.6) is 5.75 Å². The number of methoxy groups -OCH3 is 1. The average Bonchev–Trinajstić information content (AvgIpc) is 2.46. The minimum absolute atomic E-state index is 0.0911. The Bertz CT molecular complexity index is 435. The number of ether oxygens (including phenoxy) is 1. The Morgan fingerprint density at radius 3 is 2.75 bits per heavy atom. The number of nitrogen functional groups attached to an aromatic ring is 1. The molecule has 0 bridgehead atoms. The maximum atomic E-state index is 12.2. The van der Waals surface area contributed by atoms with E-state index in [1.807, 2.05) is 0 Å². The SMILES string of the molecule is CCNCCC(CC)NC(=O)c1ccc(N)c(OC)c1.